The van der Waals surface area contributed by atoms with Gasteiger partial charge in [0.15, 0.2) is 0 Å². The second kappa shape index (κ2) is 9.29. The molecule has 32 heavy (non-hydrogen) atoms. The molecule has 2 N–H and O–H groups in total. The topological polar surface area (TPSA) is 105 Å². The number of alkyl halides is 1. The Labute approximate surface area is 199 Å². The SMILES string of the molecule is CCOC(=O)[C@H]1[C@@H]2OC3(CC2Br)C(C(=O)Nc2ccc(Cl)cc2)N(CCCCO)C(=O)[C@H]13. The lowest BCUT2D eigenvalue weighted by atomic mass is 9.70. The lowest BCUT2D eigenvalue weighted by molar-refractivity contribution is -0.154. The van der Waals surface area contributed by atoms with E-state index < -0.39 is 35.6 Å². The summed E-state index contributed by atoms with van der Waals surface area (Å²) in [5.41, 5.74) is -0.574. The smallest absolute Gasteiger partial charge is 0.312 e. The summed E-state index contributed by atoms with van der Waals surface area (Å²) in [6.45, 7) is 2.19. The molecule has 0 aliphatic carbocycles. The first-order valence-corrected chi connectivity index (χ1v) is 12.1. The lowest BCUT2D eigenvalue weighted by Crippen LogP contribution is -2.54. The van der Waals surface area contributed by atoms with Gasteiger partial charge in [-0.1, -0.05) is 27.5 Å². The van der Waals surface area contributed by atoms with Gasteiger partial charge in [0.25, 0.3) is 0 Å². The number of carbonyl (C=O) groups excluding carboxylic acids is 3. The van der Waals surface area contributed by atoms with Crippen molar-refractivity contribution in [2.75, 3.05) is 25.1 Å². The summed E-state index contributed by atoms with van der Waals surface area (Å²) in [5, 5.41) is 12.6. The molecule has 0 aromatic heterocycles. The Hall–Kier alpha value is -1.68. The molecule has 3 aliphatic rings. The van der Waals surface area contributed by atoms with Crippen LogP contribution in [0.15, 0.2) is 24.3 Å². The highest BCUT2D eigenvalue weighted by Gasteiger charge is 2.76. The number of unbranched alkanes of at least 4 members (excludes halogenated alkanes) is 1. The van der Waals surface area contributed by atoms with Crippen molar-refractivity contribution in [1.82, 2.24) is 4.90 Å². The molecule has 0 radical (unpaired) electrons. The number of ether oxygens (including phenoxy) is 2. The standard InChI is InChI=1S/C22H26BrClN2O6/c1-2-31-21(30)15-16-20(29)26(9-3-4-10-27)18(22(16)11-14(23)17(15)32-22)19(28)25-13-7-5-12(24)6-8-13/h5-8,14-18,27H,2-4,9-11H2,1H3,(H,25,28)/t14?,15-,16+,17-,18?,22?/m1/s1. The number of nitrogens with zero attached hydrogens (tertiary/aromatic N) is 1. The third kappa shape index (κ3) is 3.83. The van der Waals surface area contributed by atoms with Crippen molar-refractivity contribution in [2.24, 2.45) is 11.8 Å². The van der Waals surface area contributed by atoms with E-state index in [0.717, 1.165) is 0 Å². The number of hydrogen-bond acceptors (Lipinski definition) is 6. The maximum Gasteiger partial charge on any atom is 0.312 e. The fourth-order valence-electron chi connectivity index (χ4n) is 5.32. The van der Waals surface area contributed by atoms with Crippen LogP contribution in [0.25, 0.3) is 0 Å². The number of anilines is 1. The van der Waals surface area contributed by atoms with Crippen LogP contribution in [-0.4, -0.2) is 70.1 Å². The molecule has 3 saturated heterocycles. The number of nitrogens with one attached hydrogen (secondary N) is 1. The fraction of sp³-hybridized carbons (Fsp3) is 0.591. The largest absolute Gasteiger partial charge is 0.466 e. The Morgan fingerprint density at radius 3 is 2.72 bits per heavy atom. The molecule has 3 fully saturated rings. The second-order valence-corrected chi connectivity index (χ2v) is 9.99. The number of halogens is 2. The molecule has 8 nitrogen and oxygen atoms in total. The number of benzene rings is 1. The van der Waals surface area contributed by atoms with E-state index in [1.54, 1.807) is 31.2 Å². The molecule has 0 saturated carbocycles. The molecule has 3 heterocycles. The van der Waals surface area contributed by atoms with E-state index in [0.29, 0.717) is 30.0 Å². The highest BCUT2D eigenvalue weighted by molar-refractivity contribution is 9.09. The Morgan fingerprint density at radius 1 is 1.34 bits per heavy atom. The van der Waals surface area contributed by atoms with Crippen molar-refractivity contribution in [1.29, 1.82) is 0 Å². The summed E-state index contributed by atoms with van der Waals surface area (Å²) >= 11 is 9.54. The number of carbonyl (C=O) groups is 3. The average Bonchev–Trinajstić information content (AvgIpc) is 3.34. The highest BCUT2D eigenvalue weighted by atomic mass is 79.9. The molecule has 2 bridgehead atoms. The monoisotopic (exact) mass is 528 g/mol. The summed E-state index contributed by atoms with van der Waals surface area (Å²) in [7, 11) is 0. The summed E-state index contributed by atoms with van der Waals surface area (Å²) in [6, 6.07) is 5.80. The van der Waals surface area contributed by atoms with Crippen molar-refractivity contribution >= 4 is 51.0 Å². The third-order valence-electron chi connectivity index (χ3n) is 6.52. The first-order valence-electron chi connectivity index (χ1n) is 10.8. The number of aliphatic hydroxyl groups excluding tert-OH is 1. The fourth-order valence-corrected chi connectivity index (χ4v) is 6.38. The number of fused-ring (bicyclic) bond motifs is 1. The summed E-state index contributed by atoms with van der Waals surface area (Å²) in [5.74, 6) is -2.68. The van der Waals surface area contributed by atoms with Crippen LogP contribution in [0.4, 0.5) is 5.69 Å². The zero-order valence-electron chi connectivity index (χ0n) is 17.6. The third-order valence-corrected chi connectivity index (χ3v) is 7.61. The van der Waals surface area contributed by atoms with E-state index in [4.69, 9.17) is 21.1 Å². The van der Waals surface area contributed by atoms with E-state index >= 15 is 0 Å². The number of rotatable bonds is 8. The predicted molar refractivity (Wildman–Crippen MR) is 120 cm³/mol. The molecule has 6 atom stereocenters. The number of amides is 2. The van der Waals surface area contributed by atoms with Crippen LogP contribution in [0.5, 0.6) is 0 Å². The van der Waals surface area contributed by atoms with Gasteiger partial charge in [-0.05, 0) is 50.5 Å². The van der Waals surface area contributed by atoms with E-state index in [9.17, 15) is 19.5 Å². The molecular weight excluding hydrogens is 504 g/mol. The van der Waals surface area contributed by atoms with Crippen LogP contribution in [-0.2, 0) is 23.9 Å². The van der Waals surface area contributed by atoms with Crippen LogP contribution in [0, 0.1) is 11.8 Å². The van der Waals surface area contributed by atoms with E-state index in [1.807, 2.05) is 0 Å². The van der Waals surface area contributed by atoms with Crippen LogP contribution in [0.2, 0.25) is 5.02 Å². The molecule has 174 valence electrons. The van der Waals surface area contributed by atoms with Gasteiger partial charge in [0.2, 0.25) is 11.8 Å². The number of aliphatic hydroxyl groups is 1. The van der Waals surface area contributed by atoms with Crippen molar-refractivity contribution in [3.63, 3.8) is 0 Å². The van der Waals surface area contributed by atoms with Crippen molar-refractivity contribution in [3.8, 4) is 0 Å². The summed E-state index contributed by atoms with van der Waals surface area (Å²) in [6.07, 6.45) is 0.923. The first kappa shape index (κ1) is 23.5. The molecule has 3 aliphatic heterocycles. The zero-order chi connectivity index (χ0) is 23.0. The Morgan fingerprint density at radius 2 is 2.06 bits per heavy atom. The highest BCUT2D eigenvalue weighted by Crippen LogP contribution is 2.60. The number of esters is 1. The minimum atomic E-state index is -1.12. The lowest BCUT2D eigenvalue weighted by Gasteiger charge is -2.34. The number of likely N-dealkylation sites (tertiary alicyclic amines) is 1. The maximum absolute atomic E-state index is 13.6. The van der Waals surface area contributed by atoms with Gasteiger partial charge in [-0.2, -0.15) is 0 Å². The van der Waals surface area contributed by atoms with Gasteiger partial charge in [0, 0.05) is 28.7 Å². The molecule has 10 heteroatoms. The van der Waals surface area contributed by atoms with Crippen molar-refractivity contribution < 1.29 is 29.0 Å². The van der Waals surface area contributed by atoms with Gasteiger partial charge in [-0.3, -0.25) is 14.4 Å². The van der Waals surface area contributed by atoms with Crippen molar-refractivity contribution in [3.05, 3.63) is 29.3 Å². The van der Waals surface area contributed by atoms with Gasteiger partial charge in [0.1, 0.15) is 11.6 Å². The van der Waals surface area contributed by atoms with E-state index in [-0.39, 0.29) is 36.4 Å². The van der Waals surface area contributed by atoms with Crippen LogP contribution >= 0.6 is 27.5 Å². The second-order valence-electron chi connectivity index (χ2n) is 8.37. The summed E-state index contributed by atoms with van der Waals surface area (Å²) in [4.78, 5) is 41.2. The Kier molecular flexibility index (Phi) is 6.81. The van der Waals surface area contributed by atoms with E-state index in [2.05, 4.69) is 21.2 Å². The minimum absolute atomic E-state index is 0.00820. The van der Waals surface area contributed by atoms with Crippen LogP contribution in [0.3, 0.4) is 0 Å². The Bertz CT molecular complexity index is 899. The molecule has 3 unspecified atom stereocenters. The molecule has 1 aromatic rings. The molecule has 2 amide bonds. The van der Waals surface area contributed by atoms with Gasteiger partial charge >= 0.3 is 5.97 Å². The molecule has 4 rings (SSSR count). The van der Waals surface area contributed by atoms with Gasteiger partial charge in [0.05, 0.1) is 24.5 Å². The average molecular weight is 530 g/mol. The van der Waals surface area contributed by atoms with Gasteiger partial charge in [-0.15, -0.1) is 0 Å². The van der Waals surface area contributed by atoms with Gasteiger partial charge in [-0.25, -0.2) is 0 Å². The normalized spacial score (nSPS) is 32.8. The van der Waals surface area contributed by atoms with Gasteiger partial charge < -0.3 is 24.8 Å². The quantitative estimate of drug-likeness (QED) is 0.304. The van der Waals surface area contributed by atoms with Crippen molar-refractivity contribution in [2.45, 2.75) is 48.8 Å². The Balaban J connectivity index is 1.68. The minimum Gasteiger partial charge on any atom is -0.466 e. The van der Waals surface area contributed by atoms with E-state index in [1.165, 1.54) is 4.90 Å². The molecule has 1 aromatic carbocycles. The number of hydrogen-bond donors (Lipinski definition) is 2. The molecule has 1 spiro atoms. The zero-order valence-corrected chi connectivity index (χ0v) is 20.0. The maximum atomic E-state index is 13.6. The summed E-state index contributed by atoms with van der Waals surface area (Å²) < 4.78 is 11.6. The van der Waals surface area contributed by atoms with Crippen LogP contribution < -0.4 is 5.32 Å². The molecular formula is C22H26BrClN2O6. The first-order chi connectivity index (χ1) is 15.3. The van der Waals surface area contributed by atoms with Crippen LogP contribution in [0.1, 0.15) is 26.2 Å². The predicted octanol–water partition coefficient (Wildman–Crippen LogP) is 2.36.